The Morgan fingerprint density at radius 1 is 1.33 bits per heavy atom. The molecule has 0 aliphatic heterocycles. The fourth-order valence-electron chi connectivity index (χ4n) is 1.51. The predicted molar refractivity (Wildman–Crippen MR) is 56.8 cm³/mol. The van der Waals surface area contributed by atoms with Crippen LogP contribution in [0.1, 0.15) is 32.1 Å². The largest absolute Gasteiger partial charge is 0.343 e. The monoisotopic (exact) mass is 277 g/mol. The van der Waals surface area contributed by atoms with Crippen LogP contribution in [0.5, 0.6) is 0 Å². The lowest BCUT2D eigenvalue weighted by molar-refractivity contribution is -0.116. The maximum Gasteiger partial charge on any atom is 0.296 e. The topological polar surface area (TPSA) is 29.1 Å². The summed E-state index contributed by atoms with van der Waals surface area (Å²) in [7, 11) is 0. The molecular formula is C9H12INO. The summed E-state index contributed by atoms with van der Waals surface area (Å²) >= 11 is 1.87. The Labute approximate surface area is 86.6 Å². The molecule has 0 heterocycles. The maximum absolute atomic E-state index is 11.0. The van der Waals surface area contributed by atoms with Crippen LogP contribution in [0.4, 0.5) is 0 Å². The predicted octanol–water partition coefficient (Wildman–Crippen LogP) is 1.83. The van der Waals surface area contributed by atoms with Crippen molar-refractivity contribution in [1.82, 2.24) is 5.32 Å². The number of amides is 1. The number of carbonyl (C=O) groups is 1. The van der Waals surface area contributed by atoms with Gasteiger partial charge in [-0.05, 0) is 16.8 Å². The van der Waals surface area contributed by atoms with Gasteiger partial charge < -0.3 is 5.32 Å². The second kappa shape index (κ2) is 5.41. The van der Waals surface area contributed by atoms with Gasteiger partial charge in [0.2, 0.25) is 0 Å². The number of nitrogens with one attached hydrogen (secondary N) is 1. The highest BCUT2D eigenvalue weighted by atomic mass is 127. The highest BCUT2D eigenvalue weighted by Crippen LogP contribution is 2.16. The molecule has 0 atom stereocenters. The molecule has 0 spiro atoms. The molecule has 1 aliphatic rings. The minimum absolute atomic E-state index is 0.128. The van der Waals surface area contributed by atoms with Gasteiger partial charge in [-0.1, -0.05) is 19.3 Å². The maximum atomic E-state index is 11.0. The summed E-state index contributed by atoms with van der Waals surface area (Å²) in [6.07, 6.45) is 6.03. The molecular weight excluding hydrogens is 265 g/mol. The molecule has 0 aromatic carbocycles. The Kier molecular flexibility index (Phi) is 4.44. The van der Waals surface area contributed by atoms with Crippen molar-refractivity contribution >= 4 is 28.5 Å². The van der Waals surface area contributed by atoms with Gasteiger partial charge in [0.15, 0.2) is 0 Å². The number of halogens is 1. The second-order valence-electron chi connectivity index (χ2n) is 3.03. The van der Waals surface area contributed by atoms with Gasteiger partial charge in [-0.15, -0.1) is 0 Å². The van der Waals surface area contributed by atoms with Gasteiger partial charge in [-0.25, -0.2) is 0 Å². The van der Waals surface area contributed by atoms with Gasteiger partial charge in [0.1, 0.15) is 0 Å². The molecule has 0 bridgehead atoms. The Balaban J connectivity index is 2.27. The molecule has 1 amide bonds. The quantitative estimate of drug-likeness (QED) is 0.575. The van der Waals surface area contributed by atoms with Crippen molar-refractivity contribution < 1.29 is 4.79 Å². The summed E-state index contributed by atoms with van der Waals surface area (Å²) in [6, 6.07) is 0.378. The fraction of sp³-hybridized carbons (Fsp3) is 0.667. The molecule has 0 radical (unpaired) electrons. The van der Waals surface area contributed by atoms with E-state index in [1.54, 1.807) is 0 Å². The van der Waals surface area contributed by atoms with Crippen molar-refractivity contribution in [3.63, 3.8) is 0 Å². The third-order valence-corrected chi connectivity index (χ3v) is 2.37. The van der Waals surface area contributed by atoms with Crippen LogP contribution in [-0.2, 0) is 4.79 Å². The zero-order valence-corrected chi connectivity index (χ0v) is 9.06. The Hall–Kier alpha value is -0.240. The van der Waals surface area contributed by atoms with Crippen LogP contribution in [0, 0.1) is 9.85 Å². The lowest BCUT2D eigenvalue weighted by atomic mass is 9.95. The van der Waals surface area contributed by atoms with Gasteiger partial charge in [0.05, 0.1) is 0 Å². The molecule has 12 heavy (non-hydrogen) atoms. The van der Waals surface area contributed by atoms with E-state index in [-0.39, 0.29) is 5.91 Å². The molecule has 1 aliphatic carbocycles. The highest BCUT2D eigenvalue weighted by Gasteiger charge is 2.13. The van der Waals surface area contributed by atoms with Crippen molar-refractivity contribution in [3.8, 4) is 9.85 Å². The second-order valence-corrected chi connectivity index (χ2v) is 3.57. The SMILES string of the molecule is O=C(C#CI)NC1CCCCC1. The summed E-state index contributed by atoms with van der Waals surface area (Å²) < 4.78 is 2.57. The summed E-state index contributed by atoms with van der Waals surface area (Å²) in [4.78, 5) is 11.0. The third-order valence-electron chi connectivity index (χ3n) is 2.10. The van der Waals surface area contributed by atoms with Crippen LogP contribution in [0.2, 0.25) is 0 Å². The first-order valence-corrected chi connectivity index (χ1v) is 5.33. The smallest absolute Gasteiger partial charge is 0.296 e. The number of carbonyl (C=O) groups excluding carboxylic acids is 1. The number of hydrogen-bond acceptors (Lipinski definition) is 1. The molecule has 0 unspecified atom stereocenters. The minimum atomic E-state index is -0.128. The van der Waals surface area contributed by atoms with E-state index in [1.807, 2.05) is 22.6 Å². The van der Waals surface area contributed by atoms with Crippen LogP contribution in [-0.4, -0.2) is 11.9 Å². The summed E-state index contributed by atoms with van der Waals surface area (Å²) in [6.45, 7) is 0. The molecule has 0 saturated heterocycles. The van der Waals surface area contributed by atoms with Crippen molar-refractivity contribution in [2.75, 3.05) is 0 Å². The molecule has 2 nitrogen and oxygen atoms in total. The molecule has 0 aromatic rings. The van der Waals surface area contributed by atoms with Gasteiger partial charge in [-0.3, -0.25) is 4.79 Å². The Morgan fingerprint density at radius 3 is 2.58 bits per heavy atom. The average Bonchev–Trinajstić information content (AvgIpc) is 2.06. The van der Waals surface area contributed by atoms with Gasteiger partial charge in [0, 0.05) is 34.6 Å². The molecule has 1 fully saturated rings. The first kappa shape index (κ1) is 9.85. The lowest BCUT2D eigenvalue weighted by Crippen LogP contribution is -2.35. The molecule has 3 heteroatoms. The van der Waals surface area contributed by atoms with Gasteiger partial charge in [-0.2, -0.15) is 0 Å². The highest BCUT2D eigenvalue weighted by molar-refractivity contribution is 14.1. The zero-order chi connectivity index (χ0) is 8.81. The molecule has 1 rings (SSSR count). The Morgan fingerprint density at radius 2 is 2.00 bits per heavy atom. The van der Waals surface area contributed by atoms with Gasteiger partial charge >= 0.3 is 0 Å². The Bertz CT molecular complexity index is 210. The van der Waals surface area contributed by atoms with E-state index in [1.165, 1.54) is 19.3 Å². The molecule has 1 N–H and O–H groups in total. The normalized spacial score (nSPS) is 17.8. The van der Waals surface area contributed by atoms with E-state index >= 15 is 0 Å². The van der Waals surface area contributed by atoms with E-state index in [0.717, 1.165) is 12.8 Å². The van der Waals surface area contributed by atoms with Crippen LogP contribution in [0.3, 0.4) is 0 Å². The van der Waals surface area contributed by atoms with Crippen molar-refractivity contribution in [1.29, 1.82) is 0 Å². The standard InChI is InChI=1S/C9H12INO/c10-7-6-9(12)11-8-4-2-1-3-5-8/h8H,1-5H2,(H,11,12). The van der Waals surface area contributed by atoms with Crippen LogP contribution >= 0.6 is 22.6 Å². The first-order valence-electron chi connectivity index (χ1n) is 4.25. The van der Waals surface area contributed by atoms with Crippen LogP contribution in [0.25, 0.3) is 0 Å². The third kappa shape index (κ3) is 3.44. The summed E-state index contributed by atoms with van der Waals surface area (Å²) in [5.74, 6) is 2.35. The zero-order valence-electron chi connectivity index (χ0n) is 6.90. The summed E-state index contributed by atoms with van der Waals surface area (Å²) in [5, 5.41) is 2.90. The van der Waals surface area contributed by atoms with E-state index in [4.69, 9.17) is 0 Å². The van der Waals surface area contributed by atoms with E-state index in [2.05, 4.69) is 15.2 Å². The van der Waals surface area contributed by atoms with E-state index in [0.29, 0.717) is 6.04 Å². The van der Waals surface area contributed by atoms with Crippen molar-refractivity contribution in [3.05, 3.63) is 0 Å². The van der Waals surface area contributed by atoms with E-state index in [9.17, 15) is 4.79 Å². The van der Waals surface area contributed by atoms with Crippen LogP contribution < -0.4 is 5.32 Å². The molecule has 0 aromatic heterocycles. The molecule has 1 saturated carbocycles. The minimum Gasteiger partial charge on any atom is -0.343 e. The summed E-state index contributed by atoms with van der Waals surface area (Å²) in [5.41, 5.74) is 0. The van der Waals surface area contributed by atoms with Crippen molar-refractivity contribution in [2.45, 2.75) is 38.1 Å². The van der Waals surface area contributed by atoms with Crippen molar-refractivity contribution in [2.24, 2.45) is 0 Å². The molecule has 66 valence electrons. The first-order chi connectivity index (χ1) is 5.83. The average molecular weight is 277 g/mol. The number of hydrogen-bond donors (Lipinski definition) is 1. The number of rotatable bonds is 1. The lowest BCUT2D eigenvalue weighted by Gasteiger charge is -2.21. The van der Waals surface area contributed by atoms with Crippen LogP contribution in [0.15, 0.2) is 0 Å². The van der Waals surface area contributed by atoms with Gasteiger partial charge in [0.25, 0.3) is 5.91 Å². The fourth-order valence-corrected chi connectivity index (χ4v) is 1.76. The van der Waals surface area contributed by atoms with E-state index < -0.39 is 0 Å².